The number of hydrogen-bond donors (Lipinski definition) is 0. The summed E-state index contributed by atoms with van der Waals surface area (Å²) in [5.41, 5.74) is 1.15. The molecule has 0 N–H and O–H groups in total. The predicted molar refractivity (Wildman–Crippen MR) is 87.2 cm³/mol. The number of nitrogens with zero attached hydrogens (tertiary/aromatic N) is 1. The van der Waals surface area contributed by atoms with Gasteiger partial charge in [0, 0.05) is 44.3 Å². The number of fused-ring (bicyclic) bond motifs is 1. The van der Waals surface area contributed by atoms with Crippen molar-refractivity contribution < 1.29 is 18.4 Å². The molecule has 0 saturated carbocycles. The molecule has 22 heavy (non-hydrogen) atoms. The van der Waals surface area contributed by atoms with Crippen LogP contribution in [0.5, 0.6) is 0 Å². The molecule has 5 nitrogen and oxygen atoms in total. The average Bonchev–Trinajstić information content (AvgIpc) is 2.91. The van der Waals surface area contributed by atoms with Gasteiger partial charge in [0.05, 0.1) is 5.66 Å². The lowest BCUT2D eigenvalue weighted by Gasteiger charge is -2.22. The van der Waals surface area contributed by atoms with Gasteiger partial charge in [-0.25, -0.2) is 0 Å². The SMILES string of the molecule is C=CCn1cc([C@@H](CC=O)P(=O)(OC)OC)c2ccccc21. The van der Waals surface area contributed by atoms with Crippen molar-refractivity contribution in [2.45, 2.75) is 18.6 Å². The Morgan fingerprint density at radius 3 is 2.59 bits per heavy atom. The minimum Gasteiger partial charge on any atom is -0.343 e. The lowest BCUT2D eigenvalue weighted by Crippen LogP contribution is -2.04. The average molecular weight is 321 g/mol. The van der Waals surface area contributed by atoms with E-state index in [1.807, 2.05) is 35.0 Å². The first-order valence-electron chi connectivity index (χ1n) is 6.94. The molecule has 0 unspecified atom stereocenters. The van der Waals surface area contributed by atoms with Crippen LogP contribution in [0, 0.1) is 0 Å². The van der Waals surface area contributed by atoms with Crippen LogP contribution >= 0.6 is 7.60 Å². The maximum atomic E-state index is 12.8. The summed E-state index contributed by atoms with van der Waals surface area (Å²) in [6, 6.07) is 7.77. The zero-order chi connectivity index (χ0) is 16.2. The first kappa shape index (κ1) is 16.7. The van der Waals surface area contributed by atoms with Crippen LogP contribution < -0.4 is 0 Å². The van der Waals surface area contributed by atoms with Crippen LogP contribution in [0.3, 0.4) is 0 Å². The molecule has 0 spiro atoms. The van der Waals surface area contributed by atoms with Gasteiger partial charge in [0.1, 0.15) is 6.29 Å². The van der Waals surface area contributed by atoms with E-state index >= 15 is 0 Å². The van der Waals surface area contributed by atoms with Crippen LogP contribution in [0.4, 0.5) is 0 Å². The van der Waals surface area contributed by atoms with Crippen molar-refractivity contribution in [1.82, 2.24) is 4.57 Å². The number of allylic oxidation sites excluding steroid dienone is 1. The van der Waals surface area contributed by atoms with Gasteiger partial charge in [-0.05, 0) is 11.6 Å². The Balaban J connectivity index is 2.66. The van der Waals surface area contributed by atoms with Crippen LogP contribution in [0.1, 0.15) is 17.6 Å². The van der Waals surface area contributed by atoms with Crippen molar-refractivity contribution in [3.05, 3.63) is 48.7 Å². The molecule has 0 amide bonds. The van der Waals surface area contributed by atoms with E-state index < -0.39 is 13.3 Å². The highest BCUT2D eigenvalue weighted by Gasteiger charge is 2.36. The van der Waals surface area contributed by atoms with Gasteiger partial charge in [-0.2, -0.15) is 0 Å². The monoisotopic (exact) mass is 321 g/mol. The normalized spacial score (nSPS) is 13.2. The third kappa shape index (κ3) is 2.93. The van der Waals surface area contributed by atoms with Crippen molar-refractivity contribution in [2.75, 3.05) is 14.2 Å². The first-order valence-corrected chi connectivity index (χ1v) is 8.56. The lowest BCUT2D eigenvalue weighted by atomic mass is 10.1. The number of carbonyl (C=O) groups excluding carboxylic acids is 1. The maximum absolute atomic E-state index is 12.8. The van der Waals surface area contributed by atoms with Crippen LogP contribution in [0.25, 0.3) is 10.9 Å². The highest BCUT2D eigenvalue weighted by molar-refractivity contribution is 7.54. The number of aromatic nitrogens is 1. The van der Waals surface area contributed by atoms with E-state index in [0.29, 0.717) is 6.54 Å². The molecule has 1 aromatic heterocycles. The molecule has 0 aliphatic carbocycles. The fourth-order valence-corrected chi connectivity index (χ4v) is 4.23. The van der Waals surface area contributed by atoms with Crippen molar-refractivity contribution in [1.29, 1.82) is 0 Å². The smallest absolute Gasteiger partial charge is 0.338 e. The summed E-state index contributed by atoms with van der Waals surface area (Å²) in [6.45, 7) is 4.38. The van der Waals surface area contributed by atoms with E-state index in [0.717, 1.165) is 22.8 Å². The van der Waals surface area contributed by atoms with Gasteiger partial charge in [-0.1, -0.05) is 24.3 Å². The zero-order valence-corrected chi connectivity index (χ0v) is 13.7. The Bertz CT molecular complexity index is 714. The summed E-state index contributed by atoms with van der Waals surface area (Å²) in [5, 5.41) is 0.936. The highest BCUT2D eigenvalue weighted by Crippen LogP contribution is 2.62. The minimum atomic E-state index is -3.41. The molecule has 6 heteroatoms. The summed E-state index contributed by atoms with van der Waals surface area (Å²) in [4.78, 5) is 11.1. The van der Waals surface area contributed by atoms with Gasteiger partial charge in [0.15, 0.2) is 0 Å². The third-order valence-electron chi connectivity index (χ3n) is 3.71. The van der Waals surface area contributed by atoms with Crippen molar-refractivity contribution in [3.63, 3.8) is 0 Å². The molecule has 0 fully saturated rings. The molecule has 2 aromatic rings. The molecule has 118 valence electrons. The summed E-state index contributed by atoms with van der Waals surface area (Å²) in [6.07, 6.45) is 4.50. The summed E-state index contributed by atoms with van der Waals surface area (Å²) >= 11 is 0. The van der Waals surface area contributed by atoms with Crippen molar-refractivity contribution in [2.24, 2.45) is 0 Å². The van der Waals surface area contributed by atoms with E-state index in [-0.39, 0.29) is 6.42 Å². The number of rotatable bonds is 8. The van der Waals surface area contributed by atoms with E-state index in [9.17, 15) is 9.36 Å². The molecule has 2 rings (SSSR count). The second-order valence-electron chi connectivity index (χ2n) is 4.87. The van der Waals surface area contributed by atoms with Crippen LogP contribution in [0.15, 0.2) is 43.1 Å². The first-order chi connectivity index (χ1) is 10.6. The molecule has 1 aromatic carbocycles. The van der Waals surface area contributed by atoms with Gasteiger partial charge in [0.25, 0.3) is 0 Å². The standard InChI is InChI=1S/C16H20NO4P/c1-4-10-17-12-14(13-7-5-6-8-15(13)17)16(9-11-18)22(19,20-2)21-3/h4-8,11-12,16H,1,9-10H2,2-3H3/t16-/m1/s1. The number of hydrogen-bond acceptors (Lipinski definition) is 4. The number of carbonyl (C=O) groups is 1. The Hall–Kier alpha value is -1.68. The summed E-state index contributed by atoms with van der Waals surface area (Å²) in [7, 11) is -0.733. The number of para-hydroxylation sites is 1. The van der Waals surface area contributed by atoms with E-state index in [1.54, 1.807) is 6.08 Å². The van der Waals surface area contributed by atoms with Crippen LogP contribution in [-0.2, 0) is 25.0 Å². The Morgan fingerprint density at radius 2 is 2.00 bits per heavy atom. The molecular weight excluding hydrogens is 301 g/mol. The molecule has 0 saturated heterocycles. The molecule has 0 bridgehead atoms. The molecule has 1 heterocycles. The fourth-order valence-electron chi connectivity index (χ4n) is 2.68. The van der Waals surface area contributed by atoms with Gasteiger partial charge in [-0.3, -0.25) is 4.57 Å². The van der Waals surface area contributed by atoms with Gasteiger partial charge >= 0.3 is 7.60 Å². The number of benzene rings is 1. The number of aldehydes is 1. The highest BCUT2D eigenvalue weighted by atomic mass is 31.2. The van der Waals surface area contributed by atoms with Crippen molar-refractivity contribution >= 4 is 24.8 Å². The van der Waals surface area contributed by atoms with Crippen molar-refractivity contribution in [3.8, 4) is 0 Å². The largest absolute Gasteiger partial charge is 0.343 e. The quantitative estimate of drug-likeness (QED) is 0.420. The molecule has 0 radical (unpaired) electrons. The second-order valence-corrected chi connectivity index (χ2v) is 7.30. The molecule has 0 aliphatic rings. The fraction of sp³-hybridized carbons (Fsp3) is 0.312. The van der Waals surface area contributed by atoms with Gasteiger partial charge < -0.3 is 18.4 Å². The zero-order valence-electron chi connectivity index (χ0n) is 12.8. The summed E-state index contributed by atoms with van der Waals surface area (Å²) < 4.78 is 25.1. The topological polar surface area (TPSA) is 57.5 Å². The minimum absolute atomic E-state index is 0.0705. The molecule has 0 aliphatic heterocycles. The Labute approximate surface area is 130 Å². The maximum Gasteiger partial charge on any atom is 0.338 e. The molecule has 1 atom stereocenters. The Kier molecular flexibility index (Phi) is 5.35. The van der Waals surface area contributed by atoms with Gasteiger partial charge in [0.2, 0.25) is 0 Å². The summed E-state index contributed by atoms with van der Waals surface area (Å²) in [5.74, 6) is 0. The van der Waals surface area contributed by atoms with Crippen LogP contribution in [-0.4, -0.2) is 25.1 Å². The molecular formula is C16H20NO4P. The van der Waals surface area contributed by atoms with Gasteiger partial charge in [-0.15, -0.1) is 6.58 Å². The lowest BCUT2D eigenvalue weighted by molar-refractivity contribution is -0.108. The predicted octanol–water partition coefficient (Wildman–Crippen LogP) is 3.94. The third-order valence-corrected chi connectivity index (χ3v) is 5.98. The van der Waals surface area contributed by atoms with E-state index in [1.165, 1.54) is 14.2 Å². The van der Waals surface area contributed by atoms with E-state index in [2.05, 4.69) is 6.58 Å². The second kappa shape index (κ2) is 7.05. The van der Waals surface area contributed by atoms with E-state index in [4.69, 9.17) is 9.05 Å². The van der Waals surface area contributed by atoms with Crippen LogP contribution in [0.2, 0.25) is 0 Å². The Morgan fingerprint density at radius 1 is 1.32 bits per heavy atom.